The second-order valence-electron chi connectivity index (χ2n) is 4.27. The Labute approximate surface area is 114 Å². The molecule has 0 spiro atoms. The molecule has 0 bridgehead atoms. The van der Waals surface area contributed by atoms with E-state index in [9.17, 15) is 13.2 Å². The van der Waals surface area contributed by atoms with Crippen molar-refractivity contribution in [2.75, 3.05) is 12.8 Å². The van der Waals surface area contributed by atoms with Crippen molar-refractivity contribution in [3.05, 3.63) is 35.4 Å². The first-order valence-corrected chi connectivity index (χ1v) is 7.92. The molecule has 0 aliphatic rings. The number of nitrogens with one attached hydrogen (secondary N) is 2. The minimum absolute atomic E-state index is 0.153. The van der Waals surface area contributed by atoms with Gasteiger partial charge in [0.2, 0.25) is 10.0 Å². The summed E-state index contributed by atoms with van der Waals surface area (Å²) < 4.78 is 25.8. The van der Waals surface area contributed by atoms with Crippen molar-refractivity contribution >= 4 is 15.9 Å². The average molecular weight is 284 g/mol. The fourth-order valence-corrected chi connectivity index (χ4v) is 2.72. The molecule has 0 aromatic heterocycles. The van der Waals surface area contributed by atoms with Crippen LogP contribution in [0.25, 0.3) is 0 Å². The molecule has 1 amide bonds. The van der Waals surface area contributed by atoms with Gasteiger partial charge in [-0.25, -0.2) is 13.1 Å². The van der Waals surface area contributed by atoms with Crippen LogP contribution in [0.3, 0.4) is 0 Å². The van der Waals surface area contributed by atoms with Crippen LogP contribution in [0.15, 0.2) is 24.3 Å². The van der Waals surface area contributed by atoms with Crippen molar-refractivity contribution in [3.63, 3.8) is 0 Å². The van der Waals surface area contributed by atoms with Gasteiger partial charge in [-0.1, -0.05) is 25.5 Å². The zero-order valence-electron chi connectivity index (χ0n) is 11.3. The van der Waals surface area contributed by atoms with Crippen LogP contribution in [0.2, 0.25) is 0 Å². The van der Waals surface area contributed by atoms with Crippen molar-refractivity contribution in [1.82, 2.24) is 10.0 Å². The molecular formula is C13H20N2O3S. The molecule has 1 rings (SSSR count). The van der Waals surface area contributed by atoms with E-state index >= 15 is 0 Å². The van der Waals surface area contributed by atoms with Gasteiger partial charge in [0.05, 0.1) is 5.75 Å². The largest absolute Gasteiger partial charge is 0.355 e. The summed E-state index contributed by atoms with van der Waals surface area (Å²) in [6, 6.07) is 6.84. The maximum Gasteiger partial charge on any atom is 0.251 e. The maximum atomic E-state index is 11.6. The number of unbranched alkanes of at least 4 members (excludes halogenated alkanes) is 1. The zero-order chi connectivity index (χ0) is 14.3. The van der Waals surface area contributed by atoms with Crippen molar-refractivity contribution < 1.29 is 13.2 Å². The Morgan fingerprint density at radius 2 is 1.84 bits per heavy atom. The van der Waals surface area contributed by atoms with E-state index in [0.29, 0.717) is 12.0 Å². The molecule has 0 atom stereocenters. The first-order valence-electron chi connectivity index (χ1n) is 6.27. The lowest BCUT2D eigenvalue weighted by Crippen LogP contribution is -2.26. The Bertz CT molecular complexity index is 509. The third-order valence-corrected chi connectivity index (χ3v) is 4.12. The lowest BCUT2D eigenvalue weighted by Gasteiger charge is -2.07. The Balaban J connectivity index is 2.57. The van der Waals surface area contributed by atoms with E-state index in [1.807, 2.05) is 6.92 Å². The van der Waals surface area contributed by atoms with Gasteiger partial charge in [-0.3, -0.25) is 4.79 Å². The topological polar surface area (TPSA) is 75.3 Å². The number of amides is 1. The second kappa shape index (κ2) is 7.25. The van der Waals surface area contributed by atoms with Crippen LogP contribution in [-0.2, 0) is 16.6 Å². The standard InChI is InChI=1S/C13H20N2O3S/c1-3-4-9-19(17,18)15-10-11-5-7-12(8-6-11)13(16)14-2/h5-8,15H,3-4,9-10H2,1-2H3,(H,14,16). The summed E-state index contributed by atoms with van der Waals surface area (Å²) in [6.07, 6.45) is 1.51. The quantitative estimate of drug-likeness (QED) is 0.791. The number of carbonyl (C=O) groups is 1. The first kappa shape index (κ1) is 15.7. The fraction of sp³-hybridized carbons (Fsp3) is 0.462. The van der Waals surface area contributed by atoms with Gasteiger partial charge in [0, 0.05) is 19.2 Å². The van der Waals surface area contributed by atoms with Crippen LogP contribution in [0.5, 0.6) is 0 Å². The predicted molar refractivity (Wildman–Crippen MR) is 75.4 cm³/mol. The van der Waals surface area contributed by atoms with Crippen molar-refractivity contribution in [2.45, 2.75) is 26.3 Å². The van der Waals surface area contributed by atoms with E-state index in [1.54, 1.807) is 31.3 Å². The molecule has 0 unspecified atom stereocenters. The first-order chi connectivity index (χ1) is 8.98. The molecule has 5 nitrogen and oxygen atoms in total. The van der Waals surface area contributed by atoms with Crippen LogP contribution in [0.4, 0.5) is 0 Å². The number of carbonyl (C=O) groups excluding carboxylic acids is 1. The van der Waals surface area contributed by atoms with Gasteiger partial charge in [0.25, 0.3) is 5.91 Å². The highest BCUT2D eigenvalue weighted by atomic mass is 32.2. The van der Waals surface area contributed by atoms with Crippen LogP contribution >= 0.6 is 0 Å². The molecule has 0 saturated carbocycles. The van der Waals surface area contributed by atoms with Crippen LogP contribution in [0, 0.1) is 0 Å². The van der Waals surface area contributed by atoms with Gasteiger partial charge >= 0.3 is 0 Å². The maximum absolute atomic E-state index is 11.6. The number of hydrogen-bond acceptors (Lipinski definition) is 3. The zero-order valence-corrected chi connectivity index (χ0v) is 12.1. The Kier molecular flexibility index (Phi) is 5.98. The molecule has 2 N–H and O–H groups in total. The number of rotatable bonds is 7. The van der Waals surface area contributed by atoms with E-state index in [-0.39, 0.29) is 18.2 Å². The lowest BCUT2D eigenvalue weighted by molar-refractivity contribution is 0.0963. The van der Waals surface area contributed by atoms with E-state index in [1.165, 1.54) is 0 Å². The van der Waals surface area contributed by atoms with Gasteiger partial charge in [-0.05, 0) is 24.1 Å². The summed E-state index contributed by atoms with van der Waals surface area (Å²) in [4.78, 5) is 11.3. The Hall–Kier alpha value is -1.40. The summed E-state index contributed by atoms with van der Waals surface area (Å²) in [5.74, 6) is -0.00473. The molecule has 0 heterocycles. The molecule has 0 aliphatic heterocycles. The van der Waals surface area contributed by atoms with Gasteiger partial charge in [-0.15, -0.1) is 0 Å². The molecule has 0 saturated heterocycles. The van der Waals surface area contributed by atoms with Crippen molar-refractivity contribution in [3.8, 4) is 0 Å². The van der Waals surface area contributed by atoms with Crippen LogP contribution in [-0.4, -0.2) is 27.1 Å². The highest BCUT2D eigenvalue weighted by Gasteiger charge is 2.09. The molecule has 1 aromatic rings. The van der Waals surface area contributed by atoms with Crippen molar-refractivity contribution in [1.29, 1.82) is 0 Å². The van der Waals surface area contributed by atoms with Gasteiger partial charge in [0.15, 0.2) is 0 Å². The summed E-state index contributed by atoms with van der Waals surface area (Å²) in [5.41, 5.74) is 1.38. The normalized spacial score (nSPS) is 11.3. The molecule has 0 radical (unpaired) electrons. The number of sulfonamides is 1. The highest BCUT2D eigenvalue weighted by molar-refractivity contribution is 7.89. The molecule has 19 heavy (non-hydrogen) atoms. The summed E-state index contributed by atoms with van der Waals surface area (Å²) in [6.45, 7) is 2.20. The number of hydrogen-bond donors (Lipinski definition) is 2. The van der Waals surface area contributed by atoms with Gasteiger partial charge in [0.1, 0.15) is 0 Å². The third kappa shape index (κ3) is 5.40. The summed E-state index contributed by atoms with van der Waals surface area (Å²) >= 11 is 0. The average Bonchev–Trinajstić information content (AvgIpc) is 2.43. The van der Waals surface area contributed by atoms with Crippen LogP contribution < -0.4 is 10.0 Å². The molecule has 0 fully saturated rings. The minimum atomic E-state index is -3.20. The summed E-state index contributed by atoms with van der Waals surface area (Å²) in [7, 11) is -1.63. The summed E-state index contributed by atoms with van der Waals surface area (Å²) in [5, 5.41) is 2.53. The molecular weight excluding hydrogens is 264 g/mol. The Morgan fingerprint density at radius 3 is 2.37 bits per heavy atom. The molecule has 1 aromatic carbocycles. The fourth-order valence-electron chi connectivity index (χ4n) is 1.52. The van der Waals surface area contributed by atoms with Crippen LogP contribution in [0.1, 0.15) is 35.7 Å². The SMILES string of the molecule is CCCCS(=O)(=O)NCc1ccc(C(=O)NC)cc1. The van der Waals surface area contributed by atoms with Gasteiger partial charge in [-0.2, -0.15) is 0 Å². The molecule has 106 valence electrons. The van der Waals surface area contributed by atoms with E-state index in [4.69, 9.17) is 0 Å². The van der Waals surface area contributed by atoms with E-state index in [2.05, 4.69) is 10.0 Å². The molecule has 6 heteroatoms. The van der Waals surface area contributed by atoms with Gasteiger partial charge < -0.3 is 5.32 Å². The number of benzene rings is 1. The third-order valence-electron chi connectivity index (χ3n) is 2.71. The predicted octanol–water partition coefficient (Wildman–Crippen LogP) is 1.27. The highest BCUT2D eigenvalue weighted by Crippen LogP contribution is 2.05. The minimum Gasteiger partial charge on any atom is -0.355 e. The van der Waals surface area contributed by atoms with E-state index < -0.39 is 10.0 Å². The monoisotopic (exact) mass is 284 g/mol. The Morgan fingerprint density at radius 1 is 1.21 bits per heavy atom. The van der Waals surface area contributed by atoms with E-state index in [0.717, 1.165) is 12.0 Å². The second-order valence-corrected chi connectivity index (χ2v) is 6.20. The smallest absolute Gasteiger partial charge is 0.251 e. The molecule has 0 aliphatic carbocycles. The van der Waals surface area contributed by atoms with Crippen molar-refractivity contribution in [2.24, 2.45) is 0 Å². The lowest BCUT2D eigenvalue weighted by atomic mass is 10.1.